The summed E-state index contributed by atoms with van der Waals surface area (Å²) in [7, 11) is -10.0. The van der Waals surface area contributed by atoms with Crippen molar-refractivity contribution in [2.45, 2.75) is 18.7 Å². The largest absolute Gasteiger partial charge is 0.673 e. The number of aromatic nitrogens is 1. The Balaban J connectivity index is 0.000000494. The topological polar surface area (TPSA) is 58.2 Å². The molecule has 0 radical (unpaired) electrons. The lowest BCUT2D eigenvalue weighted by Crippen LogP contribution is -2.42. The molecule has 1 rings (SSSR count). The van der Waals surface area contributed by atoms with E-state index in [-0.39, 0.29) is 0 Å². The van der Waals surface area contributed by atoms with E-state index in [1.54, 1.807) is 37.5 Å². The van der Waals surface area contributed by atoms with Gasteiger partial charge in [-0.15, -0.1) is 0 Å². The lowest BCUT2D eigenvalue weighted by Gasteiger charge is -2.05. The Kier molecular flexibility index (Phi) is 6.26. The van der Waals surface area contributed by atoms with Crippen LogP contribution in [0.4, 0.5) is 17.3 Å². The van der Waals surface area contributed by atoms with Crippen LogP contribution >= 0.6 is 0 Å². The minimum Gasteiger partial charge on any atom is -0.418 e. The van der Waals surface area contributed by atoms with E-state index in [2.05, 4.69) is 0 Å². The van der Waals surface area contributed by atoms with Crippen molar-refractivity contribution in [3.63, 3.8) is 0 Å². The molecule has 4 nitrogen and oxygen atoms in total. The average molecular weight is 289 g/mol. The van der Waals surface area contributed by atoms with Gasteiger partial charge in [-0.3, -0.25) is 4.55 Å². The molecule has 1 aromatic heterocycles. The molecule has 0 aliphatic carbocycles. The molecule has 1 heterocycles. The number of nitrogens with zero attached hydrogens (tertiary/aromatic N) is 1. The van der Waals surface area contributed by atoms with Gasteiger partial charge in [-0.2, -0.15) is 13.0 Å². The molecule has 1 N–H and O–H groups in total. The van der Waals surface area contributed by atoms with Crippen molar-refractivity contribution < 1.29 is 34.8 Å². The van der Waals surface area contributed by atoms with Gasteiger partial charge in [0.15, 0.2) is 12.4 Å². The third-order valence-corrected chi connectivity index (χ3v) is 3.03. The average Bonchev–Trinajstić information content (AvgIpc) is 2.15. The molecule has 0 aliphatic rings. The zero-order valence-corrected chi connectivity index (χ0v) is 10.2. The van der Waals surface area contributed by atoms with Crippen molar-refractivity contribution in [1.82, 2.24) is 0 Å². The van der Waals surface area contributed by atoms with Gasteiger partial charge < -0.3 is 17.3 Å². The van der Waals surface area contributed by atoms with E-state index < -0.39 is 22.7 Å². The van der Waals surface area contributed by atoms with Crippen LogP contribution in [0.1, 0.15) is 18.7 Å². The second-order valence-corrected chi connectivity index (χ2v) is 4.77. The summed E-state index contributed by atoms with van der Waals surface area (Å²) in [4.78, 5) is 0. The summed E-state index contributed by atoms with van der Waals surface area (Å²) in [6.07, 6.45) is 3.57. The molecule has 0 amide bonds. The minimum absolute atomic E-state index is 0.341. The molecule has 0 aromatic carbocycles. The molecule has 104 valence electrons. The van der Waals surface area contributed by atoms with Gasteiger partial charge in [0.2, 0.25) is 0 Å². The van der Waals surface area contributed by atoms with Crippen molar-refractivity contribution in [2.24, 2.45) is 0 Å². The van der Waals surface area contributed by atoms with E-state index in [1.807, 2.05) is 0 Å². The molecule has 0 spiro atoms. The maximum atomic E-state index is 10.9. The highest BCUT2D eigenvalue weighted by Crippen LogP contribution is 2.09. The summed E-state index contributed by atoms with van der Waals surface area (Å²) in [6, 6.07) is 5.22. The molecule has 0 fully saturated rings. The minimum atomic E-state index is -6.00. The van der Waals surface area contributed by atoms with Gasteiger partial charge in [-0.1, -0.05) is 13.0 Å². The zero-order valence-electron chi connectivity index (χ0n) is 9.38. The molecule has 1 aromatic rings. The lowest BCUT2D eigenvalue weighted by molar-refractivity contribution is -0.702. The van der Waals surface area contributed by atoms with Gasteiger partial charge in [0.05, 0.1) is 0 Å². The van der Waals surface area contributed by atoms with Crippen LogP contribution < -0.4 is 4.57 Å². The standard InChI is InChI=1S/C8H11NO3S.BF4/c1-2-8(13(10,11)12)9-6-4-3-5-7-9;2-1(3,4)5/h3-8H,2H2,1H3;/q;-1/p+1. The SMILES string of the molecule is CCC([n+]1ccccc1)S(=O)(=O)O.F[B-](F)(F)F. The Bertz CT molecular complexity index is 445. The van der Waals surface area contributed by atoms with E-state index in [0.717, 1.165) is 0 Å². The first kappa shape index (κ1) is 16.8. The Hall–Kier alpha value is -1.16. The smallest absolute Gasteiger partial charge is 0.418 e. The number of hydrogen-bond donors (Lipinski definition) is 1. The van der Waals surface area contributed by atoms with Crippen LogP contribution in [0.25, 0.3) is 0 Å². The molecule has 1 atom stereocenters. The maximum Gasteiger partial charge on any atom is 0.673 e. The van der Waals surface area contributed by atoms with Crippen LogP contribution in [-0.4, -0.2) is 20.2 Å². The highest BCUT2D eigenvalue weighted by molar-refractivity contribution is 7.85. The van der Waals surface area contributed by atoms with Crippen molar-refractivity contribution in [3.05, 3.63) is 30.6 Å². The van der Waals surface area contributed by atoms with Crippen molar-refractivity contribution in [1.29, 1.82) is 0 Å². The van der Waals surface area contributed by atoms with Crippen LogP contribution in [-0.2, 0) is 10.1 Å². The summed E-state index contributed by atoms with van der Waals surface area (Å²) >= 11 is 0. The number of rotatable bonds is 3. The summed E-state index contributed by atoms with van der Waals surface area (Å²) in [5, 5.41) is -0.881. The van der Waals surface area contributed by atoms with Gasteiger partial charge in [-0.25, -0.2) is 0 Å². The number of pyridine rings is 1. The van der Waals surface area contributed by atoms with Gasteiger partial charge in [0.1, 0.15) is 0 Å². The Morgan fingerprint density at radius 3 is 1.83 bits per heavy atom. The summed E-state index contributed by atoms with van der Waals surface area (Å²) in [6.45, 7) is 1.71. The van der Waals surface area contributed by atoms with Gasteiger partial charge >= 0.3 is 17.4 Å². The number of halogens is 4. The first-order valence-electron chi connectivity index (χ1n) is 4.85. The second kappa shape index (κ2) is 6.69. The monoisotopic (exact) mass is 289 g/mol. The van der Waals surface area contributed by atoms with E-state index in [0.29, 0.717) is 6.42 Å². The first-order valence-corrected chi connectivity index (χ1v) is 6.35. The van der Waals surface area contributed by atoms with Crippen LogP contribution in [0.15, 0.2) is 30.6 Å². The van der Waals surface area contributed by atoms with Crippen molar-refractivity contribution >= 4 is 17.4 Å². The van der Waals surface area contributed by atoms with E-state index in [9.17, 15) is 25.7 Å². The number of hydrogen-bond acceptors (Lipinski definition) is 2. The van der Waals surface area contributed by atoms with Crippen LogP contribution in [0.3, 0.4) is 0 Å². The molecular formula is C8H12BF4NO3S. The molecule has 0 aliphatic heterocycles. The normalized spacial score (nSPS) is 13.4. The highest BCUT2D eigenvalue weighted by Gasteiger charge is 2.29. The second-order valence-electron chi connectivity index (χ2n) is 3.20. The van der Waals surface area contributed by atoms with Crippen molar-refractivity contribution in [2.75, 3.05) is 0 Å². The quantitative estimate of drug-likeness (QED) is 0.401. The van der Waals surface area contributed by atoms with E-state index in [1.165, 1.54) is 4.57 Å². The Morgan fingerprint density at radius 1 is 1.17 bits per heavy atom. The highest BCUT2D eigenvalue weighted by atomic mass is 32.2. The Morgan fingerprint density at radius 2 is 1.56 bits per heavy atom. The molecule has 18 heavy (non-hydrogen) atoms. The fourth-order valence-corrected chi connectivity index (χ4v) is 2.05. The molecular weight excluding hydrogens is 277 g/mol. The maximum absolute atomic E-state index is 10.9. The molecule has 1 unspecified atom stereocenters. The predicted molar refractivity (Wildman–Crippen MR) is 57.7 cm³/mol. The molecule has 0 bridgehead atoms. The fourth-order valence-electron chi connectivity index (χ4n) is 1.18. The molecule has 0 saturated carbocycles. The zero-order chi connectivity index (χ0) is 14.4. The van der Waals surface area contributed by atoms with E-state index in [4.69, 9.17) is 4.55 Å². The third kappa shape index (κ3) is 8.01. The lowest BCUT2D eigenvalue weighted by atomic mass is 10.3. The van der Waals surface area contributed by atoms with E-state index >= 15 is 0 Å². The molecule has 10 heteroatoms. The van der Waals surface area contributed by atoms with Gasteiger partial charge in [-0.05, 0) is 0 Å². The third-order valence-electron chi connectivity index (χ3n) is 1.76. The Labute approximate surface area is 102 Å². The fraction of sp³-hybridized carbons (Fsp3) is 0.375. The summed E-state index contributed by atoms with van der Waals surface area (Å²) in [5.74, 6) is 0. The first-order chi connectivity index (χ1) is 8.05. The van der Waals surface area contributed by atoms with Crippen LogP contribution in [0.2, 0.25) is 0 Å². The predicted octanol–water partition coefficient (Wildman–Crippen LogP) is 2.07. The van der Waals surface area contributed by atoms with Gasteiger partial charge in [0.25, 0.3) is 5.37 Å². The summed E-state index contributed by atoms with van der Waals surface area (Å²) in [5.41, 5.74) is 0. The summed E-state index contributed by atoms with van der Waals surface area (Å²) < 4.78 is 71.1. The van der Waals surface area contributed by atoms with Crippen LogP contribution in [0, 0.1) is 0 Å². The molecule has 0 saturated heterocycles. The van der Waals surface area contributed by atoms with Gasteiger partial charge in [0, 0.05) is 18.6 Å². The van der Waals surface area contributed by atoms with Crippen LogP contribution in [0.5, 0.6) is 0 Å². The van der Waals surface area contributed by atoms with Crippen molar-refractivity contribution in [3.8, 4) is 0 Å².